The Kier molecular flexibility index (Phi) is 5.11. The number of aromatic nitrogens is 3. The molecule has 0 aromatic carbocycles. The summed E-state index contributed by atoms with van der Waals surface area (Å²) in [6, 6.07) is 0. The molecule has 0 amide bonds. The van der Waals surface area contributed by atoms with Crippen molar-refractivity contribution in [1.29, 1.82) is 0 Å². The van der Waals surface area contributed by atoms with E-state index in [-0.39, 0.29) is 0 Å². The van der Waals surface area contributed by atoms with Crippen molar-refractivity contribution < 1.29 is 0 Å². The fourth-order valence-electron chi connectivity index (χ4n) is 1.34. The van der Waals surface area contributed by atoms with Crippen LogP contribution in [0.2, 0.25) is 0 Å². The van der Waals surface area contributed by atoms with Crippen molar-refractivity contribution in [3.05, 3.63) is 12.2 Å². The van der Waals surface area contributed by atoms with Crippen molar-refractivity contribution in [3.63, 3.8) is 0 Å². The normalized spacial score (nSPS) is 11.1. The summed E-state index contributed by atoms with van der Waals surface area (Å²) in [7, 11) is 0. The van der Waals surface area contributed by atoms with Crippen LogP contribution in [0.25, 0.3) is 0 Å². The number of hydrogen-bond donors (Lipinski definition) is 0. The molecule has 4 nitrogen and oxygen atoms in total. The highest BCUT2D eigenvalue weighted by Crippen LogP contribution is 2.01. The third kappa shape index (κ3) is 3.06. The second-order valence-corrected chi connectivity index (χ2v) is 3.84. The van der Waals surface area contributed by atoms with Gasteiger partial charge in [0.25, 0.3) is 0 Å². The zero-order valence-electron chi connectivity index (χ0n) is 8.78. The molecule has 0 saturated heterocycles. The third-order valence-electron chi connectivity index (χ3n) is 2.21. The average Bonchev–Trinajstić information content (AvgIpc) is 2.64. The van der Waals surface area contributed by atoms with E-state index in [1.165, 1.54) is 0 Å². The summed E-state index contributed by atoms with van der Waals surface area (Å²) in [5.74, 6) is 1.05. The zero-order valence-corrected chi connectivity index (χ0v) is 10.4. The van der Waals surface area contributed by atoms with Crippen molar-refractivity contribution in [2.45, 2.75) is 26.9 Å². The first-order valence-corrected chi connectivity index (χ1v) is 6.09. The molecule has 1 rings (SSSR count). The molecule has 0 aliphatic carbocycles. The highest BCUT2D eigenvalue weighted by Gasteiger charge is 2.07. The van der Waals surface area contributed by atoms with E-state index in [0.717, 1.165) is 37.3 Å². The van der Waals surface area contributed by atoms with Crippen molar-refractivity contribution >= 4 is 15.9 Å². The molecule has 14 heavy (non-hydrogen) atoms. The van der Waals surface area contributed by atoms with E-state index >= 15 is 0 Å². The minimum Gasteiger partial charge on any atom is -0.295 e. The first kappa shape index (κ1) is 11.7. The minimum atomic E-state index is 0.885. The van der Waals surface area contributed by atoms with Gasteiger partial charge in [-0.1, -0.05) is 22.9 Å². The topological polar surface area (TPSA) is 34.0 Å². The molecule has 0 fully saturated rings. The maximum absolute atomic E-state index is 4.25. The van der Waals surface area contributed by atoms with E-state index in [2.05, 4.69) is 44.8 Å². The van der Waals surface area contributed by atoms with E-state index in [9.17, 15) is 0 Å². The van der Waals surface area contributed by atoms with E-state index in [1.807, 2.05) is 4.68 Å². The molecule has 0 aliphatic rings. The molecule has 0 unspecified atom stereocenters. The average molecular weight is 261 g/mol. The van der Waals surface area contributed by atoms with Gasteiger partial charge in [-0.3, -0.25) is 4.90 Å². The van der Waals surface area contributed by atoms with Gasteiger partial charge in [-0.25, -0.2) is 9.67 Å². The second kappa shape index (κ2) is 6.14. The van der Waals surface area contributed by atoms with Crippen LogP contribution in [-0.2, 0) is 13.1 Å². The number of hydrogen-bond acceptors (Lipinski definition) is 3. The maximum atomic E-state index is 4.25. The van der Waals surface area contributed by atoms with Crippen LogP contribution in [0.15, 0.2) is 6.33 Å². The summed E-state index contributed by atoms with van der Waals surface area (Å²) < 4.78 is 1.94. The number of nitrogens with zero attached hydrogens (tertiary/aromatic N) is 4. The summed E-state index contributed by atoms with van der Waals surface area (Å²) >= 11 is 3.45. The maximum Gasteiger partial charge on any atom is 0.140 e. The van der Waals surface area contributed by atoms with Crippen LogP contribution in [0.5, 0.6) is 0 Å². The molecule has 0 spiro atoms. The lowest BCUT2D eigenvalue weighted by Crippen LogP contribution is -2.26. The SMILES string of the molecule is CCN(CCBr)Cc1ncnn1CC. The van der Waals surface area contributed by atoms with Gasteiger partial charge in [0, 0.05) is 18.4 Å². The third-order valence-corrected chi connectivity index (χ3v) is 2.56. The zero-order chi connectivity index (χ0) is 10.4. The van der Waals surface area contributed by atoms with Gasteiger partial charge >= 0.3 is 0 Å². The minimum absolute atomic E-state index is 0.885. The molecule has 0 bridgehead atoms. The van der Waals surface area contributed by atoms with Crippen LogP contribution in [0, 0.1) is 0 Å². The Bertz CT molecular complexity index is 261. The number of halogens is 1. The lowest BCUT2D eigenvalue weighted by Gasteiger charge is -2.18. The molecule has 0 atom stereocenters. The molecule has 1 aromatic heterocycles. The van der Waals surface area contributed by atoms with Gasteiger partial charge in [0.05, 0.1) is 6.54 Å². The van der Waals surface area contributed by atoms with E-state index in [4.69, 9.17) is 0 Å². The molecule has 80 valence electrons. The van der Waals surface area contributed by atoms with Crippen LogP contribution in [-0.4, -0.2) is 38.1 Å². The fourth-order valence-corrected chi connectivity index (χ4v) is 1.84. The molecule has 5 heteroatoms. The largest absolute Gasteiger partial charge is 0.295 e. The fraction of sp³-hybridized carbons (Fsp3) is 0.778. The first-order valence-electron chi connectivity index (χ1n) is 4.96. The molecule has 1 heterocycles. The number of rotatable bonds is 6. The summed E-state index contributed by atoms with van der Waals surface area (Å²) in [6.45, 7) is 8.11. The molecule has 0 N–H and O–H groups in total. The predicted octanol–water partition coefficient (Wildman–Crippen LogP) is 1.51. The molecule has 0 aliphatic heterocycles. The highest BCUT2D eigenvalue weighted by molar-refractivity contribution is 9.09. The Morgan fingerprint density at radius 3 is 2.86 bits per heavy atom. The molecular formula is C9H17BrN4. The van der Waals surface area contributed by atoms with Crippen molar-refractivity contribution in [1.82, 2.24) is 19.7 Å². The monoisotopic (exact) mass is 260 g/mol. The van der Waals surface area contributed by atoms with Gasteiger partial charge in [-0.05, 0) is 13.5 Å². The Morgan fingerprint density at radius 2 is 2.29 bits per heavy atom. The summed E-state index contributed by atoms with van der Waals surface area (Å²) in [5.41, 5.74) is 0. The van der Waals surface area contributed by atoms with Crippen LogP contribution < -0.4 is 0 Å². The highest BCUT2D eigenvalue weighted by atomic mass is 79.9. The van der Waals surface area contributed by atoms with Crippen LogP contribution in [0.1, 0.15) is 19.7 Å². The Balaban J connectivity index is 2.56. The second-order valence-electron chi connectivity index (χ2n) is 3.05. The molecule has 0 saturated carbocycles. The molecule has 1 aromatic rings. The first-order chi connectivity index (χ1) is 6.81. The van der Waals surface area contributed by atoms with Gasteiger partial charge in [0.1, 0.15) is 12.2 Å². The van der Waals surface area contributed by atoms with Gasteiger partial charge in [0.2, 0.25) is 0 Å². The van der Waals surface area contributed by atoms with Gasteiger partial charge in [0.15, 0.2) is 0 Å². The van der Waals surface area contributed by atoms with E-state index < -0.39 is 0 Å². The number of alkyl halides is 1. The Labute approximate surface area is 93.4 Å². The lowest BCUT2D eigenvalue weighted by molar-refractivity contribution is 0.285. The smallest absolute Gasteiger partial charge is 0.140 e. The van der Waals surface area contributed by atoms with E-state index in [1.54, 1.807) is 6.33 Å². The van der Waals surface area contributed by atoms with Crippen molar-refractivity contribution in [2.24, 2.45) is 0 Å². The summed E-state index contributed by atoms with van der Waals surface area (Å²) in [5, 5.41) is 5.15. The summed E-state index contributed by atoms with van der Waals surface area (Å²) in [4.78, 5) is 6.59. The van der Waals surface area contributed by atoms with Crippen LogP contribution in [0.3, 0.4) is 0 Å². The Morgan fingerprint density at radius 1 is 1.50 bits per heavy atom. The standard InChI is InChI=1S/C9H17BrN4/c1-3-13(6-5-10)7-9-11-8-12-14(9)4-2/h8H,3-7H2,1-2H3. The number of aryl methyl sites for hydroxylation is 1. The molecular weight excluding hydrogens is 244 g/mol. The lowest BCUT2D eigenvalue weighted by atomic mass is 10.4. The van der Waals surface area contributed by atoms with Gasteiger partial charge in [-0.15, -0.1) is 0 Å². The van der Waals surface area contributed by atoms with Crippen molar-refractivity contribution in [3.8, 4) is 0 Å². The predicted molar refractivity (Wildman–Crippen MR) is 60.4 cm³/mol. The van der Waals surface area contributed by atoms with E-state index in [0.29, 0.717) is 0 Å². The molecule has 0 radical (unpaired) electrons. The summed E-state index contributed by atoms with van der Waals surface area (Å²) in [6.07, 6.45) is 1.63. The van der Waals surface area contributed by atoms with Crippen molar-refractivity contribution in [2.75, 3.05) is 18.4 Å². The quantitative estimate of drug-likeness (QED) is 0.728. The van der Waals surface area contributed by atoms with Crippen LogP contribution in [0.4, 0.5) is 0 Å². The Hall–Kier alpha value is -0.420. The van der Waals surface area contributed by atoms with Crippen LogP contribution >= 0.6 is 15.9 Å². The van der Waals surface area contributed by atoms with Gasteiger partial charge in [-0.2, -0.15) is 5.10 Å². The van der Waals surface area contributed by atoms with Gasteiger partial charge < -0.3 is 0 Å².